The average molecular weight is 521 g/mol. The summed E-state index contributed by atoms with van der Waals surface area (Å²) < 4.78 is 0. The van der Waals surface area contributed by atoms with Gasteiger partial charge < -0.3 is 10.2 Å². The van der Waals surface area contributed by atoms with Gasteiger partial charge in [-0.25, -0.2) is 0 Å². The van der Waals surface area contributed by atoms with E-state index < -0.39 is 0 Å². The smallest absolute Gasteiger partial charge is 0.179 e. The molecular weight excluding hydrogens is 493 g/mol. The lowest BCUT2D eigenvalue weighted by atomic mass is 9.86. The first-order chi connectivity index (χ1) is 15.6. The van der Waals surface area contributed by atoms with E-state index in [4.69, 9.17) is 52.0 Å². The molecule has 0 bridgehead atoms. The van der Waals surface area contributed by atoms with Gasteiger partial charge in [0.2, 0.25) is 0 Å². The number of benzene rings is 2. The number of halogens is 3. The van der Waals surface area contributed by atoms with Crippen LogP contribution in [0, 0.1) is 5.41 Å². The van der Waals surface area contributed by atoms with E-state index >= 15 is 0 Å². The molecule has 1 saturated carbocycles. The maximum atomic E-state index is 6.40. The molecule has 1 aliphatic heterocycles. The van der Waals surface area contributed by atoms with Crippen molar-refractivity contribution in [2.45, 2.75) is 58.0 Å². The molecule has 2 fully saturated rings. The van der Waals surface area contributed by atoms with Crippen molar-refractivity contribution in [2.24, 2.45) is 10.4 Å². The van der Waals surface area contributed by atoms with E-state index in [0.29, 0.717) is 20.2 Å². The third-order valence-electron chi connectivity index (χ3n) is 6.39. The Balaban J connectivity index is 1.73. The summed E-state index contributed by atoms with van der Waals surface area (Å²) in [5.41, 5.74) is 1.61. The van der Waals surface area contributed by atoms with Gasteiger partial charge in [0.05, 0.1) is 6.04 Å². The molecule has 2 aromatic carbocycles. The van der Waals surface area contributed by atoms with Gasteiger partial charge in [-0.05, 0) is 72.4 Å². The third-order valence-corrected chi connectivity index (χ3v) is 7.49. The number of nitrogens with zero attached hydrogens (tertiary/aromatic N) is 2. The van der Waals surface area contributed by atoms with E-state index in [0.717, 1.165) is 42.8 Å². The zero-order valence-corrected chi connectivity index (χ0v) is 22.1. The highest BCUT2D eigenvalue weighted by Crippen LogP contribution is 2.43. The summed E-state index contributed by atoms with van der Waals surface area (Å²) in [5, 5.41) is 6.12. The molecule has 3 nitrogen and oxygen atoms in total. The van der Waals surface area contributed by atoms with Crippen LogP contribution in [0.2, 0.25) is 15.1 Å². The van der Waals surface area contributed by atoms with Crippen LogP contribution in [-0.2, 0) is 0 Å². The third kappa shape index (κ3) is 5.09. The van der Waals surface area contributed by atoms with Crippen molar-refractivity contribution in [1.82, 2.24) is 5.32 Å². The largest absolute Gasteiger partial charge is 0.319 e. The zero-order chi connectivity index (χ0) is 23.8. The molecule has 0 aromatic heterocycles. The fraction of sp³-hybridized carbons (Fsp3) is 0.385. The Bertz CT molecular complexity index is 1100. The van der Waals surface area contributed by atoms with Crippen LogP contribution in [0.4, 0.5) is 5.69 Å². The van der Waals surface area contributed by atoms with Crippen LogP contribution in [0.1, 0.15) is 52.0 Å². The normalized spacial score (nSPS) is 20.2. The second-order valence-electron chi connectivity index (χ2n) is 9.79. The predicted octanol–water partition coefficient (Wildman–Crippen LogP) is 8.18. The lowest BCUT2D eigenvalue weighted by Gasteiger charge is -2.35. The zero-order valence-electron chi connectivity index (χ0n) is 19.0. The molecule has 1 N–H and O–H groups in total. The maximum absolute atomic E-state index is 6.40. The van der Waals surface area contributed by atoms with E-state index in [9.17, 15) is 0 Å². The van der Waals surface area contributed by atoms with Gasteiger partial charge in [0.15, 0.2) is 5.11 Å². The predicted molar refractivity (Wildman–Crippen MR) is 147 cm³/mol. The summed E-state index contributed by atoms with van der Waals surface area (Å²) >= 11 is 24.4. The number of anilines is 1. The minimum Gasteiger partial charge on any atom is -0.319 e. The van der Waals surface area contributed by atoms with E-state index in [1.807, 2.05) is 42.5 Å². The van der Waals surface area contributed by atoms with E-state index in [1.54, 1.807) is 6.07 Å². The molecular formula is C26H28Cl3N3S. The Morgan fingerprint density at radius 2 is 1.67 bits per heavy atom. The van der Waals surface area contributed by atoms with Crippen molar-refractivity contribution in [3.63, 3.8) is 0 Å². The van der Waals surface area contributed by atoms with Gasteiger partial charge in [0.1, 0.15) is 11.4 Å². The number of nitrogens with one attached hydrogen (secondary N) is 1. The number of amidine groups is 1. The molecule has 0 amide bonds. The highest BCUT2D eigenvalue weighted by atomic mass is 35.5. The summed E-state index contributed by atoms with van der Waals surface area (Å²) in [6.07, 6.45) is 8.45. The van der Waals surface area contributed by atoms with Crippen LogP contribution >= 0.6 is 47.0 Å². The molecule has 4 rings (SSSR count). The Hall–Kier alpha value is -1.59. The summed E-state index contributed by atoms with van der Waals surface area (Å²) in [4.78, 5) is 7.52. The highest BCUT2D eigenvalue weighted by Gasteiger charge is 2.51. The summed E-state index contributed by atoms with van der Waals surface area (Å²) in [5.74, 6) is 0.951. The van der Waals surface area contributed by atoms with Gasteiger partial charge in [-0.2, -0.15) is 0 Å². The summed E-state index contributed by atoms with van der Waals surface area (Å²) in [6.45, 7) is 6.59. The van der Waals surface area contributed by atoms with Crippen LogP contribution in [0.3, 0.4) is 0 Å². The van der Waals surface area contributed by atoms with Crippen molar-refractivity contribution < 1.29 is 0 Å². The topological polar surface area (TPSA) is 27.6 Å². The van der Waals surface area contributed by atoms with E-state index in [1.165, 1.54) is 0 Å². The van der Waals surface area contributed by atoms with Crippen LogP contribution in [0.25, 0.3) is 6.08 Å². The van der Waals surface area contributed by atoms with Gasteiger partial charge in [-0.15, -0.1) is 0 Å². The molecule has 1 spiro atoms. The van der Waals surface area contributed by atoms with Gasteiger partial charge in [0.25, 0.3) is 0 Å². The Morgan fingerprint density at radius 1 is 1.03 bits per heavy atom. The van der Waals surface area contributed by atoms with Crippen LogP contribution < -0.4 is 10.2 Å². The van der Waals surface area contributed by atoms with Gasteiger partial charge in [-0.1, -0.05) is 86.6 Å². The first-order valence-corrected chi connectivity index (χ1v) is 12.7. The maximum Gasteiger partial charge on any atom is 0.179 e. The molecule has 33 heavy (non-hydrogen) atoms. The van der Waals surface area contributed by atoms with Crippen LogP contribution in [0.5, 0.6) is 0 Å². The summed E-state index contributed by atoms with van der Waals surface area (Å²) in [7, 11) is 0. The first kappa shape index (κ1) is 24.5. The second kappa shape index (κ2) is 9.58. The highest BCUT2D eigenvalue weighted by molar-refractivity contribution is 7.80. The number of aliphatic imine (C=N–C) groups is 1. The molecule has 1 heterocycles. The minimum absolute atomic E-state index is 0.0720. The standard InChI is InChI=1S/C26H28Cl3N3S/c1-25(2,3)22(13-7-17-6-8-19(28)16-21(17)29)30-23-26(14-4-5-15-26)32(24(33)31-23)20-11-9-18(27)10-12-20/h6-13,16,22H,4-5,14-15H2,1-3H3,(H,30,31,33)/b13-7+/t22-/m0/s1. The van der Waals surface area contributed by atoms with Gasteiger partial charge in [0, 0.05) is 20.8 Å². The minimum atomic E-state index is -0.250. The average Bonchev–Trinajstić information content (AvgIpc) is 3.32. The first-order valence-electron chi connectivity index (χ1n) is 11.2. The van der Waals surface area contributed by atoms with Gasteiger partial charge >= 0.3 is 0 Å². The molecule has 1 saturated heterocycles. The number of hydrogen-bond acceptors (Lipinski definition) is 2. The van der Waals surface area contributed by atoms with Crippen LogP contribution in [-0.4, -0.2) is 22.5 Å². The monoisotopic (exact) mass is 519 g/mol. The van der Waals surface area contributed by atoms with Crippen molar-refractivity contribution >= 4 is 69.7 Å². The van der Waals surface area contributed by atoms with Crippen molar-refractivity contribution in [1.29, 1.82) is 0 Å². The Labute approximate surface area is 216 Å². The van der Waals surface area contributed by atoms with Gasteiger partial charge in [-0.3, -0.25) is 4.99 Å². The molecule has 0 radical (unpaired) electrons. The quantitative estimate of drug-likeness (QED) is 0.412. The van der Waals surface area contributed by atoms with Crippen molar-refractivity contribution in [2.75, 3.05) is 4.90 Å². The van der Waals surface area contributed by atoms with Crippen molar-refractivity contribution in [3.8, 4) is 0 Å². The number of rotatable bonds is 4. The SMILES string of the molecule is CC(C)(C)[C@H](/C=C/c1ccc(Cl)cc1Cl)N=C1NC(=S)N(c2ccc(Cl)cc2)C12CCCC2. The Kier molecular flexibility index (Phi) is 7.12. The summed E-state index contributed by atoms with van der Waals surface area (Å²) in [6, 6.07) is 13.3. The molecule has 174 valence electrons. The van der Waals surface area contributed by atoms with E-state index in [-0.39, 0.29) is 17.0 Å². The van der Waals surface area contributed by atoms with E-state index in [2.05, 4.69) is 37.1 Å². The lowest BCUT2D eigenvalue weighted by Crippen LogP contribution is -2.48. The molecule has 2 aliphatic rings. The fourth-order valence-electron chi connectivity index (χ4n) is 4.60. The lowest BCUT2D eigenvalue weighted by molar-refractivity contribution is 0.366. The fourth-order valence-corrected chi connectivity index (χ4v) is 5.57. The molecule has 1 atom stereocenters. The van der Waals surface area contributed by atoms with Crippen LogP contribution in [0.15, 0.2) is 53.5 Å². The Morgan fingerprint density at radius 3 is 2.27 bits per heavy atom. The number of thiocarbonyl (C=S) groups is 1. The molecule has 7 heteroatoms. The number of hydrogen-bond donors (Lipinski definition) is 1. The second-order valence-corrected chi connectivity index (χ2v) is 11.5. The van der Waals surface area contributed by atoms with Crippen molar-refractivity contribution in [3.05, 3.63) is 69.2 Å². The molecule has 1 aliphatic carbocycles. The molecule has 2 aromatic rings. The molecule has 0 unspecified atom stereocenters.